The summed E-state index contributed by atoms with van der Waals surface area (Å²) in [7, 11) is 0. The first-order valence-corrected chi connectivity index (χ1v) is 11.1. The van der Waals surface area contributed by atoms with E-state index in [-0.39, 0.29) is 17.2 Å². The number of carbonyl (C=O) groups excluding carboxylic acids is 3. The Hall–Kier alpha value is -4.19. The van der Waals surface area contributed by atoms with Crippen molar-refractivity contribution in [2.24, 2.45) is 0 Å². The van der Waals surface area contributed by atoms with Gasteiger partial charge in [-0.1, -0.05) is 35.9 Å². The van der Waals surface area contributed by atoms with E-state index in [2.05, 4.69) is 10.6 Å². The molecule has 0 aromatic heterocycles. The van der Waals surface area contributed by atoms with Crippen molar-refractivity contribution in [2.45, 2.75) is 34.6 Å². The topological polar surface area (TPSA) is 78.5 Å². The molecule has 0 unspecified atom stereocenters. The minimum atomic E-state index is -0.408. The SMILES string of the molecule is CC(=O)Nc1ccc(C2=C(Nc3ccc(C)cc3C)C(=O)N(c3ccc(C)c(C)c3)C2=O)cc1. The van der Waals surface area contributed by atoms with Gasteiger partial charge in [0.25, 0.3) is 11.8 Å². The molecule has 1 heterocycles. The van der Waals surface area contributed by atoms with Gasteiger partial charge in [-0.05, 0) is 80.3 Å². The summed E-state index contributed by atoms with van der Waals surface area (Å²) in [5, 5.41) is 5.96. The predicted octanol–water partition coefficient (Wildman–Crippen LogP) is 5.28. The van der Waals surface area contributed by atoms with Crippen molar-refractivity contribution in [2.75, 3.05) is 15.5 Å². The molecule has 3 amide bonds. The van der Waals surface area contributed by atoms with Crippen molar-refractivity contribution < 1.29 is 14.4 Å². The maximum absolute atomic E-state index is 13.7. The average Bonchev–Trinajstić information content (AvgIpc) is 3.02. The van der Waals surface area contributed by atoms with E-state index in [9.17, 15) is 14.4 Å². The van der Waals surface area contributed by atoms with E-state index in [1.807, 2.05) is 58.0 Å². The van der Waals surface area contributed by atoms with Crippen molar-refractivity contribution in [1.29, 1.82) is 0 Å². The zero-order chi connectivity index (χ0) is 24.6. The predicted molar refractivity (Wildman–Crippen MR) is 136 cm³/mol. The molecule has 34 heavy (non-hydrogen) atoms. The Bertz CT molecular complexity index is 1350. The monoisotopic (exact) mass is 453 g/mol. The molecule has 0 spiro atoms. The number of nitrogens with one attached hydrogen (secondary N) is 2. The van der Waals surface area contributed by atoms with E-state index in [0.29, 0.717) is 16.9 Å². The molecule has 2 N–H and O–H groups in total. The first-order chi connectivity index (χ1) is 16.2. The molecule has 0 atom stereocenters. The fraction of sp³-hybridized carbons (Fsp3) is 0.179. The van der Waals surface area contributed by atoms with Gasteiger partial charge in [0.05, 0.1) is 11.3 Å². The van der Waals surface area contributed by atoms with E-state index >= 15 is 0 Å². The molecule has 1 aliphatic rings. The van der Waals surface area contributed by atoms with Crippen molar-refractivity contribution >= 4 is 40.4 Å². The molecular weight excluding hydrogens is 426 g/mol. The molecule has 0 aliphatic carbocycles. The van der Waals surface area contributed by atoms with Crippen LogP contribution in [-0.4, -0.2) is 17.7 Å². The molecule has 0 radical (unpaired) electrons. The fourth-order valence-corrected chi connectivity index (χ4v) is 4.02. The fourth-order valence-electron chi connectivity index (χ4n) is 4.02. The molecular formula is C28H27N3O3. The molecule has 172 valence electrons. The maximum atomic E-state index is 13.7. The van der Waals surface area contributed by atoms with Gasteiger partial charge in [-0.3, -0.25) is 14.4 Å². The first kappa shape index (κ1) is 23.0. The van der Waals surface area contributed by atoms with Gasteiger partial charge in [0.2, 0.25) is 5.91 Å². The van der Waals surface area contributed by atoms with Gasteiger partial charge in [0.1, 0.15) is 5.70 Å². The zero-order valence-electron chi connectivity index (χ0n) is 19.9. The summed E-state index contributed by atoms with van der Waals surface area (Å²) in [6.07, 6.45) is 0. The molecule has 1 aliphatic heterocycles. The number of hydrogen-bond donors (Lipinski definition) is 2. The van der Waals surface area contributed by atoms with Crippen LogP contribution in [0.5, 0.6) is 0 Å². The summed E-state index contributed by atoms with van der Waals surface area (Å²) in [4.78, 5) is 39.9. The van der Waals surface area contributed by atoms with Crippen LogP contribution in [0, 0.1) is 27.7 Å². The summed E-state index contributed by atoms with van der Waals surface area (Å²) in [6.45, 7) is 9.33. The molecule has 3 aromatic carbocycles. The number of benzene rings is 3. The highest BCUT2D eigenvalue weighted by molar-refractivity contribution is 6.46. The van der Waals surface area contributed by atoms with Crippen LogP contribution in [0.15, 0.2) is 66.4 Å². The molecule has 0 bridgehead atoms. The van der Waals surface area contributed by atoms with Crippen LogP contribution in [0.2, 0.25) is 0 Å². The van der Waals surface area contributed by atoms with E-state index in [0.717, 1.165) is 27.9 Å². The smallest absolute Gasteiger partial charge is 0.282 e. The summed E-state index contributed by atoms with van der Waals surface area (Å²) >= 11 is 0. The molecule has 6 heteroatoms. The number of imide groups is 1. The lowest BCUT2D eigenvalue weighted by Crippen LogP contribution is -2.32. The molecule has 6 nitrogen and oxygen atoms in total. The van der Waals surface area contributed by atoms with E-state index in [1.165, 1.54) is 11.8 Å². The highest BCUT2D eigenvalue weighted by atomic mass is 16.2. The van der Waals surface area contributed by atoms with E-state index in [1.54, 1.807) is 30.3 Å². The summed E-state index contributed by atoms with van der Waals surface area (Å²) in [6, 6.07) is 18.3. The number of nitrogens with zero attached hydrogens (tertiary/aromatic N) is 1. The third-order valence-corrected chi connectivity index (χ3v) is 5.97. The molecule has 4 rings (SSSR count). The Morgan fingerprint density at radius 3 is 2.09 bits per heavy atom. The van der Waals surface area contributed by atoms with Crippen molar-refractivity contribution in [1.82, 2.24) is 0 Å². The number of amides is 3. The number of aryl methyl sites for hydroxylation is 4. The standard InChI is InChI=1S/C28H27N3O3/c1-16-6-13-24(19(4)14-16)30-26-25(21-8-10-22(11-9-21)29-20(5)32)27(33)31(28(26)34)23-12-7-17(2)18(3)15-23/h6-15,30H,1-5H3,(H,29,32). The Morgan fingerprint density at radius 2 is 1.47 bits per heavy atom. The van der Waals surface area contributed by atoms with Gasteiger partial charge < -0.3 is 10.6 Å². The Kier molecular flexibility index (Phi) is 6.07. The number of carbonyl (C=O) groups is 3. The van der Waals surface area contributed by atoms with Crippen LogP contribution < -0.4 is 15.5 Å². The van der Waals surface area contributed by atoms with Crippen LogP contribution in [0.1, 0.15) is 34.7 Å². The second-order valence-corrected chi connectivity index (χ2v) is 8.67. The molecule has 0 saturated carbocycles. The summed E-state index contributed by atoms with van der Waals surface area (Å²) < 4.78 is 0. The Labute approximate surface area is 199 Å². The lowest BCUT2D eigenvalue weighted by Gasteiger charge is -2.17. The zero-order valence-corrected chi connectivity index (χ0v) is 19.9. The van der Waals surface area contributed by atoms with Crippen molar-refractivity contribution in [3.8, 4) is 0 Å². The van der Waals surface area contributed by atoms with E-state index in [4.69, 9.17) is 0 Å². The van der Waals surface area contributed by atoms with Gasteiger partial charge in [-0.25, -0.2) is 4.90 Å². The maximum Gasteiger partial charge on any atom is 0.282 e. The molecule has 3 aromatic rings. The second kappa shape index (κ2) is 8.98. The van der Waals surface area contributed by atoms with Crippen LogP contribution in [-0.2, 0) is 14.4 Å². The lowest BCUT2D eigenvalue weighted by molar-refractivity contribution is -0.120. The molecule has 0 saturated heterocycles. The second-order valence-electron chi connectivity index (χ2n) is 8.67. The van der Waals surface area contributed by atoms with Gasteiger partial charge in [0.15, 0.2) is 0 Å². The first-order valence-electron chi connectivity index (χ1n) is 11.1. The highest BCUT2D eigenvalue weighted by Crippen LogP contribution is 2.35. The summed E-state index contributed by atoms with van der Waals surface area (Å²) in [5.74, 6) is -0.987. The van der Waals surface area contributed by atoms with Crippen LogP contribution >= 0.6 is 0 Å². The van der Waals surface area contributed by atoms with Gasteiger partial charge in [0, 0.05) is 18.3 Å². The normalized spacial score (nSPS) is 13.5. The van der Waals surface area contributed by atoms with Crippen LogP contribution in [0.4, 0.5) is 17.1 Å². The van der Waals surface area contributed by atoms with Crippen molar-refractivity contribution in [3.05, 3.63) is 94.2 Å². The Morgan fingerprint density at radius 1 is 0.765 bits per heavy atom. The largest absolute Gasteiger partial charge is 0.350 e. The van der Waals surface area contributed by atoms with Gasteiger partial charge in [-0.15, -0.1) is 0 Å². The van der Waals surface area contributed by atoms with Crippen molar-refractivity contribution in [3.63, 3.8) is 0 Å². The number of rotatable bonds is 5. The third-order valence-electron chi connectivity index (χ3n) is 5.97. The van der Waals surface area contributed by atoms with Crippen LogP contribution in [0.3, 0.4) is 0 Å². The minimum Gasteiger partial charge on any atom is -0.350 e. The lowest BCUT2D eigenvalue weighted by atomic mass is 10.0. The Balaban J connectivity index is 1.81. The minimum absolute atomic E-state index is 0.183. The average molecular weight is 454 g/mol. The van der Waals surface area contributed by atoms with E-state index < -0.39 is 11.8 Å². The number of anilines is 3. The van der Waals surface area contributed by atoms with Crippen LogP contribution in [0.25, 0.3) is 5.57 Å². The highest BCUT2D eigenvalue weighted by Gasteiger charge is 2.40. The van der Waals surface area contributed by atoms with Gasteiger partial charge in [-0.2, -0.15) is 0 Å². The quantitative estimate of drug-likeness (QED) is 0.516. The number of hydrogen-bond acceptors (Lipinski definition) is 4. The third kappa shape index (κ3) is 4.35. The summed E-state index contributed by atoms with van der Waals surface area (Å²) in [5.41, 5.74) is 7.16. The van der Waals surface area contributed by atoms with Gasteiger partial charge >= 0.3 is 0 Å². The molecule has 0 fully saturated rings.